The van der Waals surface area contributed by atoms with Crippen LogP contribution in [0.15, 0.2) is 24.5 Å². The van der Waals surface area contributed by atoms with Crippen LogP contribution in [0.1, 0.15) is 26.7 Å². The lowest BCUT2D eigenvalue weighted by Crippen LogP contribution is -2.40. The molecule has 2 aliphatic rings. The van der Waals surface area contributed by atoms with Crippen molar-refractivity contribution in [3.05, 3.63) is 24.5 Å². The zero-order chi connectivity index (χ0) is 20.2. The number of pyridine rings is 1. The van der Waals surface area contributed by atoms with Gasteiger partial charge in [-0.15, -0.1) is 0 Å². The van der Waals surface area contributed by atoms with Crippen molar-refractivity contribution in [1.29, 1.82) is 0 Å². The Hall–Kier alpha value is -2.23. The molecule has 2 aromatic rings. The van der Waals surface area contributed by atoms with E-state index in [1.807, 2.05) is 26.0 Å². The van der Waals surface area contributed by atoms with Crippen molar-refractivity contribution in [3.63, 3.8) is 0 Å². The van der Waals surface area contributed by atoms with E-state index in [4.69, 9.17) is 14.2 Å². The Bertz CT molecular complexity index is 814. The number of nitrogens with one attached hydrogen (secondary N) is 1. The van der Waals surface area contributed by atoms with Gasteiger partial charge in [0.15, 0.2) is 5.13 Å². The Balaban J connectivity index is 1.26. The van der Waals surface area contributed by atoms with Gasteiger partial charge in [-0.2, -0.15) is 0 Å². The number of hydrogen-bond acceptors (Lipinski definition) is 8. The highest BCUT2D eigenvalue weighted by Crippen LogP contribution is 2.34. The van der Waals surface area contributed by atoms with Gasteiger partial charge in [-0.25, -0.2) is 9.97 Å². The van der Waals surface area contributed by atoms with Gasteiger partial charge in [0.25, 0.3) is 0 Å². The lowest BCUT2D eigenvalue weighted by molar-refractivity contribution is -0.131. The molecule has 9 heteroatoms. The molecule has 29 heavy (non-hydrogen) atoms. The van der Waals surface area contributed by atoms with E-state index >= 15 is 0 Å². The highest BCUT2D eigenvalue weighted by molar-refractivity contribution is 7.17. The SMILES string of the molecule is CC(C)OC1CC(C(=O)Nc2ncc(Oc3ccc(N4CCOCC4)nc3)s2)C1. The normalized spacial score (nSPS) is 21.7. The van der Waals surface area contributed by atoms with E-state index in [0.717, 1.165) is 45.0 Å². The quantitative estimate of drug-likeness (QED) is 0.738. The summed E-state index contributed by atoms with van der Waals surface area (Å²) < 4.78 is 16.9. The van der Waals surface area contributed by atoms with Crippen LogP contribution in [0.25, 0.3) is 0 Å². The molecule has 0 atom stereocenters. The first-order valence-electron chi connectivity index (χ1n) is 9.95. The van der Waals surface area contributed by atoms with Crippen LogP contribution in [0.4, 0.5) is 10.9 Å². The van der Waals surface area contributed by atoms with E-state index in [9.17, 15) is 4.79 Å². The summed E-state index contributed by atoms with van der Waals surface area (Å²) in [7, 11) is 0. The minimum Gasteiger partial charge on any atom is -0.443 e. The zero-order valence-corrected chi connectivity index (χ0v) is 17.5. The molecular weight excluding hydrogens is 392 g/mol. The molecule has 1 saturated heterocycles. The molecule has 0 aromatic carbocycles. The third-order valence-electron chi connectivity index (χ3n) is 4.92. The van der Waals surface area contributed by atoms with Crippen LogP contribution in [-0.4, -0.2) is 54.4 Å². The summed E-state index contributed by atoms with van der Waals surface area (Å²) in [5.41, 5.74) is 0. The van der Waals surface area contributed by atoms with E-state index in [2.05, 4.69) is 20.2 Å². The second-order valence-electron chi connectivity index (χ2n) is 7.50. The fourth-order valence-electron chi connectivity index (χ4n) is 3.38. The highest BCUT2D eigenvalue weighted by atomic mass is 32.1. The van der Waals surface area contributed by atoms with Crippen LogP contribution in [0.2, 0.25) is 0 Å². The van der Waals surface area contributed by atoms with Crippen LogP contribution in [0.5, 0.6) is 10.8 Å². The third kappa shape index (κ3) is 5.23. The van der Waals surface area contributed by atoms with Gasteiger partial charge in [0.05, 0.1) is 37.8 Å². The number of carbonyl (C=O) groups is 1. The van der Waals surface area contributed by atoms with E-state index in [0.29, 0.717) is 15.9 Å². The Kier molecular flexibility index (Phi) is 6.27. The first-order valence-corrected chi connectivity index (χ1v) is 10.8. The molecule has 1 aliphatic carbocycles. The molecule has 4 rings (SSSR count). The summed E-state index contributed by atoms with van der Waals surface area (Å²) in [4.78, 5) is 23.2. The van der Waals surface area contributed by atoms with Gasteiger partial charge in [-0.05, 0) is 38.8 Å². The van der Waals surface area contributed by atoms with Crippen LogP contribution in [-0.2, 0) is 14.3 Å². The van der Waals surface area contributed by atoms with E-state index in [1.165, 1.54) is 11.3 Å². The molecule has 2 aromatic heterocycles. The van der Waals surface area contributed by atoms with Gasteiger partial charge in [-0.1, -0.05) is 11.3 Å². The number of nitrogens with zero attached hydrogens (tertiary/aromatic N) is 3. The average molecular weight is 419 g/mol. The van der Waals surface area contributed by atoms with Gasteiger partial charge in [0, 0.05) is 19.0 Å². The Morgan fingerprint density at radius 3 is 2.72 bits per heavy atom. The minimum atomic E-state index is -0.0102. The first-order chi connectivity index (χ1) is 14.1. The molecule has 0 radical (unpaired) electrons. The summed E-state index contributed by atoms with van der Waals surface area (Å²) in [5.74, 6) is 1.53. The van der Waals surface area contributed by atoms with Crippen molar-refractivity contribution in [2.45, 2.75) is 38.9 Å². The molecule has 1 aliphatic heterocycles. The molecule has 0 bridgehead atoms. The largest absolute Gasteiger partial charge is 0.443 e. The van der Waals surface area contributed by atoms with Crippen molar-refractivity contribution in [2.75, 3.05) is 36.5 Å². The molecule has 1 amide bonds. The number of hydrogen-bond donors (Lipinski definition) is 1. The average Bonchev–Trinajstić information content (AvgIpc) is 3.12. The van der Waals surface area contributed by atoms with Crippen LogP contribution >= 0.6 is 11.3 Å². The number of thiazole rings is 1. The summed E-state index contributed by atoms with van der Waals surface area (Å²) in [6, 6.07) is 3.83. The van der Waals surface area contributed by atoms with Crippen molar-refractivity contribution >= 4 is 28.2 Å². The Morgan fingerprint density at radius 1 is 1.24 bits per heavy atom. The maximum absolute atomic E-state index is 12.3. The number of ether oxygens (including phenoxy) is 3. The van der Waals surface area contributed by atoms with Crippen molar-refractivity contribution in [2.24, 2.45) is 5.92 Å². The lowest BCUT2D eigenvalue weighted by atomic mass is 9.81. The second kappa shape index (κ2) is 9.06. The Morgan fingerprint density at radius 2 is 2.03 bits per heavy atom. The van der Waals surface area contributed by atoms with Gasteiger partial charge >= 0.3 is 0 Å². The number of anilines is 2. The molecule has 0 unspecified atom stereocenters. The zero-order valence-electron chi connectivity index (χ0n) is 16.7. The van der Waals surface area contributed by atoms with Gasteiger partial charge in [0.2, 0.25) is 11.0 Å². The van der Waals surface area contributed by atoms with E-state index in [-0.39, 0.29) is 24.0 Å². The number of carbonyl (C=O) groups excluding carboxylic acids is 1. The summed E-state index contributed by atoms with van der Waals surface area (Å²) in [5, 5.41) is 4.02. The van der Waals surface area contributed by atoms with Gasteiger partial charge < -0.3 is 24.4 Å². The molecular formula is C20H26N4O4S. The highest BCUT2D eigenvalue weighted by Gasteiger charge is 2.36. The first kappa shape index (κ1) is 20.1. The molecule has 0 spiro atoms. The number of aromatic nitrogens is 2. The molecule has 1 saturated carbocycles. The van der Waals surface area contributed by atoms with Crippen molar-refractivity contribution < 1.29 is 19.0 Å². The van der Waals surface area contributed by atoms with Gasteiger partial charge in [-0.3, -0.25) is 4.79 Å². The number of morpholine rings is 1. The molecule has 1 N–H and O–H groups in total. The third-order valence-corrected chi connectivity index (χ3v) is 5.71. The second-order valence-corrected chi connectivity index (χ2v) is 8.50. The predicted octanol–water partition coefficient (Wildman–Crippen LogP) is 3.31. The molecule has 156 valence electrons. The predicted molar refractivity (Wildman–Crippen MR) is 111 cm³/mol. The summed E-state index contributed by atoms with van der Waals surface area (Å²) in [6.45, 7) is 7.16. The summed E-state index contributed by atoms with van der Waals surface area (Å²) >= 11 is 1.30. The van der Waals surface area contributed by atoms with Crippen LogP contribution < -0.4 is 15.0 Å². The van der Waals surface area contributed by atoms with Crippen molar-refractivity contribution in [3.8, 4) is 10.8 Å². The maximum Gasteiger partial charge on any atom is 0.229 e. The fraction of sp³-hybridized carbons (Fsp3) is 0.550. The monoisotopic (exact) mass is 418 g/mol. The van der Waals surface area contributed by atoms with Gasteiger partial charge in [0.1, 0.15) is 11.6 Å². The number of amides is 1. The van der Waals surface area contributed by atoms with Crippen LogP contribution in [0, 0.1) is 5.92 Å². The van der Waals surface area contributed by atoms with E-state index in [1.54, 1.807) is 12.4 Å². The maximum atomic E-state index is 12.3. The smallest absolute Gasteiger partial charge is 0.229 e. The van der Waals surface area contributed by atoms with Crippen LogP contribution in [0.3, 0.4) is 0 Å². The van der Waals surface area contributed by atoms with Crippen molar-refractivity contribution in [1.82, 2.24) is 9.97 Å². The van der Waals surface area contributed by atoms with E-state index < -0.39 is 0 Å². The standard InChI is InChI=1S/C20H26N4O4S/c1-13(2)27-16-9-14(10-16)19(25)23-20-22-12-18(29-20)28-15-3-4-17(21-11-15)24-5-7-26-8-6-24/h3-4,11-14,16H,5-10H2,1-2H3,(H,22,23,25). The fourth-order valence-corrected chi connectivity index (χ4v) is 4.07. The topological polar surface area (TPSA) is 85.8 Å². The molecule has 2 fully saturated rings. The lowest BCUT2D eigenvalue weighted by Gasteiger charge is -2.34. The molecule has 3 heterocycles. The number of rotatable bonds is 7. The summed E-state index contributed by atoms with van der Waals surface area (Å²) in [6.07, 6.45) is 5.22. The minimum absolute atomic E-state index is 0.00830. The Labute approximate surface area is 174 Å². The molecule has 8 nitrogen and oxygen atoms in total.